The van der Waals surface area contributed by atoms with Crippen molar-refractivity contribution in [1.82, 2.24) is 10.4 Å². The molecular formula is C17H15N3O4S2. The van der Waals surface area contributed by atoms with Gasteiger partial charge in [0.05, 0.1) is 11.1 Å². The largest absolute Gasteiger partial charge is 0.465 e. The van der Waals surface area contributed by atoms with Gasteiger partial charge in [0, 0.05) is 0 Å². The van der Waals surface area contributed by atoms with Crippen LogP contribution in [0.1, 0.15) is 26.3 Å². The molecule has 3 rings (SSSR count). The molecule has 9 heteroatoms. The maximum Gasteiger partial charge on any atom is 0.280 e. The Kier molecular flexibility index (Phi) is 6.70. The highest BCUT2D eigenvalue weighted by Gasteiger charge is 2.36. The monoisotopic (exact) mass is 389 g/mol. The molecule has 0 aliphatic carbocycles. The Bertz CT molecular complexity index is 804. The fourth-order valence-corrected chi connectivity index (χ4v) is 2.29. The number of nitrogens with two attached hydrogens (primary N) is 1. The van der Waals surface area contributed by atoms with Gasteiger partial charge in [0.25, 0.3) is 22.2 Å². The zero-order valence-corrected chi connectivity index (χ0v) is 15.1. The summed E-state index contributed by atoms with van der Waals surface area (Å²) in [6.45, 7) is 0.260. The number of hydrazine groups is 1. The smallest absolute Gasteiger partial charge is 0.280 e. The van der Waals surface area contributed by atoms with E-state index in [1.54, 1.807) is 24.3 Å². The fourth-order valence-electron chi connectivity index (χ4n) is 2.14. The number of carbonyl (C=O) groups is 3. The molecule has 2 aromatic carbocycles. The Balaban J connectivity index is 0.000000552. The Labute approximate surface area is 160 Å². The van der Waals surface area contributed by atoms with Gasteiger partial charge in [0.15, 0.2) is 0 Å². The summed E-state index contributed by atoms with van der Waals surface area (Å²) in [5.74, 6) is -0.877. The summed E-state index contributed by atoms with van der Waals surface area (Å²) in [5, 5.41) is 0.205. The van der Waals surface area contributed by atoms with Gasteiger partial charge in [-0.05, 0) is 29.9 Å². The van der Waals surface area contributed by atoms with Crippen molar-refractivity contribution in [2.45, 2.75) is 6.61 Å². The molecule has 0 unspecified atom stereocenters. The van der Waals surface area contributed by atoms with Crippen molar-refractivity contribution in [3.8, 4) is 0 Å². The molecule has 0 saturated carbocycles. The average molecular weight is 389 g/mol. The number of amides is 3. The zero-order chi connectivity index (χ0) is 19.1. The van der Waals surface area contributed by atoms with Gasteiger partial charge in [-0.3, -0.25) is 14.4 Å². The molecule has 2 aromatic rings. The summed E-state index contributed by atoms with van der Waals surface area (Å²) in [6.07, 6.45) is 0. The minimum Gasteiger partial charge on any atom is -0.465 e. The molecule has 0 fully saturated rings. The van der Waals surface area contributed by atoms with Crippen LogP contribution < -0.4 is 11.2 Å². The van der Waals surface area contributed by atoms with Gasteiger partial charge in [-0.1, -0.05) is 55.1 Å². The maximum absolute atomic E-state index is 12.1. The number of hydrogen-bond acceptors (Lipinski definition) is 5. The highest BCUT2D eigenvalue weighted by molar-refractivity contribution is 7.96. The van der Waals surface area contributed by atoms with E-state index in [-0.39, 0.29) is 11.8 Å². The second-order valence-corrected chi connectivity index (χ2v) is 5.81. The number of fused-ring (bicyclic) bond motifs is 1. The van der Waals surface area contributed by atoms with Crippen LogP contribution in [0.5, 0.6) is 0 Å². The first-order valence-corrected chi connectivity index (χ1v) is 8.19. The third-order valence-corrected chi connectivity index (χ3v) is 3.42. The van der Waals surface area contributed by atoms with Crippen molar-refractivity contribution in [1.29, 1.82) is 0 Å². The van der Waals surface area contributed by atoms with E-state index in [1.165, 1.54) is 0 Å². The third kappa shape index (κ3) is 5.04. The van der Waals surface area contributed by atoms with E-state index in [2.05, 4.69) is 23.8 Å². The van der Waals surface area contributed by atoms with E-state index < -0.39 is 17.1 Å². The Morgan fingerprint density at radius 2 is 1.50 bits per heavy atom. The Hall–Kier alpha value is -2.91. The van der Waals surface area contributed by atoms with Crippen LogP contribution in [0.2, 0.25) is 0 Å². The number of nitrogens with zero attached hydrogens (tertiary/aromatic N) is 1. The number of primary amides is 1. The van der Waals surface area contributed by atoms with Crippen LogP contribution in [-0.4, -0.2) is 27.2 Å². The molecule has 0 radical (unpaired) electrons. The van der Waals surface area contributed by atoms with E-state index >= 15 is 0 Å². The van der Waals surface area contributed by atoms with Crippen LogP contribution in [0.4, 0.5) is 4.79 Å². The van der Waals surface area contributed by atoms with E-state index in [4.69, 9.17) is 21.7 Å². The molecule has 0 bridgehead atoms. The molecule has 134 valence electrons. The van der Waals surface area contributed by atoms with Crippen molar-refractivity contribution in [3.05, 3.63) is 71.3 Å². The van der Waals surface area contributed by atoms with E-state index in [0.717, 1.165) is 10.6 Å². The van der Waals surface area contributed by atoms with E-state index in [9.17, 15) is 9.59 Å². The van der Waals surface area contributed by atoms with Crippen LogP contribution >= 0.6 is 24.8 Å². The molecule has 0 saturated heterocycles. The van der Waals surface area contributed by atoms with Crippen molar-refractivity contribution in [2.24, 2.45) is 5.73 Å². The quantitative estimate of drug-likeness (QED) is 0.423. The first-order valence-electron chi connectivity index (χ1n) is 7.33. The van der Waals surface area contributed by atoms with Gasteiger partial charge in [-0.2, -0.15) is 5.01 Å². The summed E-state index contributed by atoms with van der Waals surface area (Å²) in [6, 6.07) is 16.1. The number of rotatable bonds is 3. The fraction of sp³-hybridized carbons (Fsp3) is 0.0588. The number of carbonyl (C=O) groups excluding carboxylic acids is 3. The summed E-state index contributed by atoms with van der Waals surface area (Å²) in [4.78, 5) is 33.4. The number of thiol groups is 1. The number of imide groups is 1. The molecule has 3 N–H and O–H groups in total. The minimum absolute atomic E-state index is 0.0293. The normalized spacial score (nSPS) is 12.0. The standard InChI is InChI=1S/C16H12N2O3S.CH3NOS/c19-14-12-8-4-5-9-13(12)15(20)18(14)17-16(22)21-10-11-6-2-1-3-7-11;2-1(3)4/h1-9H,10H2,(H,17,22);(H3,2,3,4). The number of thiocarbonyl (C=S) groups is 1. The van der Waals surface area contributed by atoms with Gasteiger partial charge in [0.1, 0.15) is 6.61 Å². The van der Waals surface area contributed by atoms with E-state index in [1.807, 2.05) is 30.3 Å². The summed E-state index contributed by atoms with van der Waals surface area (Å²) < 4.78 is 5.36. The van der Waals surface area contributed by atoms with Gasteiger partial charge in [-0.25, -0.2) is 5.43 Å². The lowest BCUT2D eigenvalue weighted by molar-refractivity contribution is 0.0594. The zero-order valence-electron chi connectivity index (χ0n) is 13.4. The highest BCUT2D eigenvalue weighted by atomic mass is 32.1. The molecule has 1 aliphatic rings. The lowest BCUT2D eigenvalue weighted by atomic mass is 10.1. The summed E-state index contributed by atoms with van der Waals surface area (Å²) in [7, 11) is 0. The molecule has 1 aliphatic heterocycles. The SMILES string of the molecule is NC(=O)S.O=C1c2ccccc2C(=O)N1NC(=S)OCc1ccccc1. The summed E-state index contributed by atoms with van der Waals surface area (Å²) >= 11 is 8.13. The minimum atomic E-state index is -0.639. The van der Waals surface area contributed by atoms with Gasteiger partial charge in [-0.15, -0.1) is 0 Å². The molecule has 0 aromatic heterocycles. The molecule has 7 nitrogen and oxygen atoms in total. The second-order valence-electron chi connectivity index (χ2n) is 5.00. The topological polar surface area (TPSA) is 102 Å². The first kappa shape index (κ1) is 19.4. The molecule has 0 spiro atoms. The number of hydrogen-bond donors (Lipinski definition) is 3. The van der Waals surface area contributed by atoms with Crippen LogP contribution in [-0.2, 0) is 11.3 Å². The average Bonchev–Trinajstić information content (AvgIpc) is 2.86. The first-order chi connectivity index (χ1) is 12.4. The van der Waals surface area contributed by atoms with Gasteiger partial charge < -0.3 is 10.5 Å². The summed E-state index contributed by atoms with van der Waals surface area (Å²) in [5.41, 5.74) is 8.52. The third-order valence-electron chi connectivity index (χ3n) is 3.21. The van der Waals surface area contributed by atoms with Crippen molar-refractivity contribution < 1.29 is 19.1 Å². The lowest BCUT2D eigenvalue weighted by Crippen LogP contribution is -2.45. The van der Waals surface area contributed by atoms with Gasteiger partial charge >= 0.3 is 0 Å². The van der Waals surface area contributed by atoms with Crippen LogP contribution in [0.3, 0.4) is 0 Å². The number of ether oxygens (including phenoxy) is 1. The molecule has 26 heavy (non-hydrogen) atoms. The predicted octanol–water partition coefficient (Wildman–Crippen LogP) is 2.28. The van der Waals surface area contributed by atoms with Crippen molar-refractivity contribution >= 4 is 47.1 Å². The molecule has 3 amide bonds. The molecule has 0 atom stereocenters. The van der Waals surface area contributed by atoms with Crippen LogP contribution in [0.25, 0.3) is 0 Å². The van der Waals surface area contributed by atoms with Crippen LogP contribution in [0, 0.1) is 0 Å². The number of benzene rings is 2. The van der Waals surface area contributed by atoms with Crippen molar-refractivity contribution in [2.75, 3.05) is 0 Å². The number of nitrogens with one attached hydrogen (secondary N) is 1. The maximum atomic E-state index is 12.1. The Morgan fingerprint density at radius 3 is 2.00 bits per heavy atom. The predicted molar refractivity (Wildman–Crippen MR) is 102 cm³/mol. The van der Waals surface area contributed by atoms with Crippen molar-refractivity contribution in [3.63, 3.8) is 0 Å². The molecule has 1 heterocycles. The second kappa shape index (κ2) is 8.97. The molecular weight excluding hydrogens is 374 g/mol. The van der Waals surface area contributed by atoms with Gasteiger partial charge in [0.2, 0.25) is 0 Å². The lowest BCUT2D eigenvalue weighted by Gasteiger charge is -2.17. The Morgan fingerprint density at radius 1 is 1.04 bits per heavy atom. The highest BCUT2D eigenvalue weighted by Crippen LogP contribution is 2.20. The van der Waals surface area contributed by atoms with E-state index in [0.29, 0.717) is 11.1 Å². The van der Waals surface area contributed by atoms with Crippen LogP contribution in [0.15, 0.2) is 54.6 Å².